The monoisotopic (exact) mass is 332 g/mol. The minimum absolute atomic E-state index is 0.106. The molecule has 1 aromatic rings. The molecule has 0 N–H and O–H groups in total. The molecule has 0 saturated carbocycles. The van der Waals surface area contributed by atoms with E-state index < -0.39 is 26.0 Å². The summed E-state index contributed by atoms with van der Waals surface area (Å²) in [6, 6.07) is 6.55. The average molecular weight is 332 g/mol. The van der Waals surface area contributed by atoms with E-state index in [1.54, 1.807) is 13.0 Å². The molecule has 0 atom stereocenters. The molecule has 4 nitrogen and oxygen atoms in total. The number of esters is 1. The Labute approximate surface area is 128 Å². The second kappa shape index (κ2) is 8.03. The molecule has 1 aromatic carbocycles. The van der Waals surface area contributed by atoms with Crippen LogP contribution in [0.1, 0.15) is 26.2 Å². The van der Waals surface area contributed by atoms with Crippen molar-refractivity contribution in [2.45, 2.75) is 36.3 Å². The summed E-state index contributed by atoms with van der Waals surface area (Å²) in [5.74, 6) is -0.403. The summed E-state index contributed by atoms with van der Waals surface area (Å²) in [4.78, 5) is 10.6. The van der Waals surface area contributed by atoms with E-state index in [1.165, 1.54) is 12.1 Å². The number of carbonyl (C=O) groups excluding carboxylic acids is 1. The van der Waals surface area contributed by atoms with E-state index in [2.05, 4.69) is 0 Å². The first-order chi connectivity index (χ1) is 10.3. The van der Waals surface area contributed by atoms with Crippen LogP contribution >= 0.6 is 0 Å². The first-order valence-electron chi connectivity index (χ1n) is 6.82. The quantitative estimate of drug-likeness (QED) is 0.416. The highest BCUT2D eigenvalue weighted by Gasteiger charge is 2.43. The summed E-state index contributed by atoms with van der Waals surface area (Å²) < 4.78 is 56.0. The molecule has 0 fully saturated rings. The van der Waals surface area contributed by atoms with Crippen LogP contribution in [-0.2, 0) is 19.4 Å². The standard InChI is InChI=1S/C15H18F2O4S/c1-2-21-14(18)11-7-4-8-12-15(16,17)22(19,20)13-9-5-3-6-10-13/h3,5-6,8-10,12H,2,4,7,11H2,1H3/b12-8+. The number of hydrogen-bond donors (Lipinski definition) is 0. The van der Waals surface area contributed by atoms with Crippen molar-refractivity contribution in [1.29, 1.82) is 0 Å². The van der Waals surface area contributed by atoms with Crippen LogP contribution < -0.4 is 0 Å². The summed E-state index contributed by atoms with van der Waals surface area (Å²) in [6.45, 7) is 1.94. The molecular weight excluding hydrogens is 314 g/mol. The van der Waals surface area contributed by atoms with Gasteiger partial charge >= 0.3 is 11.2 Å². The Bertz CT molecular complexity index is 610. The topological polar surface area (TPSA) is 60.4 Å². The molecule has 0 spiro atoms. The van der Waals surface area contributed by atoms with Crippen molar-refractivity contribution in [2.24, 2.45) is 0 Å². The average Bonchev–Trinajstić information content (AvgIpc) is 2.47. The molecule has 0 aliphatic heterocycles. The number of benzene rings is 1. The summed E-state index contributed by atoms with van der Waals surface area (Å²) in [6.07, 6.45) is 2.02. The molecule has 0 aliphatic rings. The molecule has 0 heterocycles. The zero-order valence-corrected chi connectivity index (χ0v) is 13.0. The van der Waals surface area contributed by atoms with Crippen molar-refractivity contribution >= 4 is 15.8 Å². The van der Waals surface area contributed by atoms with Crippen LogP contribution in [0.2, 0.25) is 0 Å². The van der Waals surface area contributed by atoms with Gasteiger partial charge in [0.25, 0.3) is 0 Å². The van der Waals surface area contributed by atoms with Gasteiger partial charge in [0.2, 0.25) is 9.84 Å². The highest BCUT2D eigenvalue weighted by molar-refractivity contribution is 7.92. The largest absolute Gasteiger partial charge is 0.466 e. The van der Waals surface area contributed by atoms with Crippen molar-refractivity contribution in [3.05, 3.63) is 42.5 Å². The van der Waals surface area contributed by atoms with Crippen LogP contribution in [0.3, 0.4) is 0 Å². The summed E-state index contributed by atoms with van der Waals surface area (Å²) in [5.41, 5.74) is 0. The van der Waals surface area contributed by atoms with E-state index >= 15 is 0 Å². The van der Waals surface area contributed by atoms with Gasteiger partial charge in [-0.05, 0) is 38.0 Å². The Morgan fingerprint density at radius 3 is 2.50 bits per heavy atom. The highest BCUT2D eigenvalue weighted by Crippen LogP contribution is 2.30. The first kappa shape index (κ1) is 18.3. The van der Waals surface area contributed by atoms with Gasteiger partial charge in [-0.15, -0.1) is 0 Å². The number of ether oxygens (including phenoxy) is 1. The number of carbonyl (C=O) groups is 1. The smallest absolute Gasteiger partial charge is 0.368 e. The Morgan fingerprint density at radius 1 is 1.27 bits per heavy atom. The van der Waals surface area contributed by atoms with Crippen molar-refractivity contribution in [1.82, 2.24) is 0 Å². The number of sulfone groups is 1. The van der Waals surface area contributed by atoms with Crippen LogP contribution in [0, 0.1) is 0 Å². The van der Waals surface area contributed by atoms with E-state index in [1.807, 2.05) is 0 Å². The SMILES string of the molecule is CCOC(=O)CCC/C=C/C(F)(F)S(=O)(=O)c1ccccc1. The summed E-state index contributed by atoms with van der Waals surface area (Å²) in [7, 11) is -4.76. The second-order valence-corrected chi connectivity index (χ2v) is 6.50. The van der Waals surface area contributed by atoms with Gasteiger partial charge in [-0.25, -0.2) is 8.42 Å². The molecule has 1 rings (SSSR count). The van der Waals surface area contributed by atoms with Crippen molar-refractivity contribution in [2.75, 3.05) is 6.61 Å². The fourth-order valence-corrected chi connectivity index (χ4v) is 2.77. The molecule has 0 amide bonds. The van der Waals surface area contributed by atoms with E-state index in [-0.39, 0.29) is 19.4 Å². The molecule has 0 aliphatic carbocycles. The van der Waals surface area contributed by atoms with Crippen LogP contribution in [0.25, 0.3) is 0 Å². The van der Waals surface area contributed by atoms with Crippen molar-refractivity contribution in [3.8, 4) is 0 Å². The normalized spacial score (nSPS) is 12.5. The van der Waals surface area contributed by atoms with Gasteiger partial charge < -0.3 is 4.74 Å². The van der Waals surface area contributed by atoms with Crippen LogP contribution in [-0.4, -0.2) is 26.2 Å². The molecule has 7 heteroatoms. The molecule has 0 bridgehead atoms. The predicted molar refractivity (Wildman–Crippen MR) is 78.2 cm³/mol. The lowest BCUT2D eigenvalue weighted by Gasteiger charge is -2.13. The number of halogens is 2. The fourth-order valence-electron chi connectivity index (χ4n) is 1.66. The number of alkyl halides is 2. The van der Waals surface area contributed by atoms with Crippen LogP contribution in [0.4, 0.5) is 8.78 Å². The molecule has 22 heavy (non-hydrogen) atoms. The molecule has 0 aromatic heterocycles. The van der Waals surface area contributed by atoms with Crippen LogP contribution in [0.15, 0.2) is 47.4 Å². The lowest BCUT2D eigenvalue weighted by molar-refractivity contribution is -0.143. The predicted octanol–water partition coefficient (Wildman–Crippen LogP) is 3.34. The summed E-state index contributed by atoms with van der Waals surface area (Å²) in [5, 5.41) is -3.99. The third-order valence-electron chi connectivity index (χ3n) is 2.78. The summed E-state index contributed by atoms with van der Waals surface area (Å²) >= 11 is 0. The van der Waals surface area contributed by atoms with Crippen LogP contribution in [0.5, 0.6) is 0 Å². The second-order valence-electron chi connectivity index (χ2n) is 4.48. The van der Waals surface area contributed by atoms with Gasteiger partial charge in [0, 0.05) is 6.42 Å². The lowest BCUT2D eigenvalue weighted by atomic mass is 10.2. The third-order valence-corrected chi connectivity index (χ3v) is 4.53. The highest BCUT2D eigenvalue weighted by atomic mass is 32.2. The van der Waals surface area contributed by atoms with Gasteiger partial charge in [0.15, 0.2) is 0 Å². The van der Waals surface area contributed by atoms with Gasteiger partial charge in [0.1, 0.15) is 0 Å². The maximum Gasteiger partial charge on any atom is 0.368 e. The Balaban J connectivity index is 2.63. The number of unbranched alkanes of at least 4 members (excludes halogenated alkanes) is 1. The maximum absolute atomic E-state index is 13.8. The van der Waals surface area contributed by atoms with Gasteiger partial charge in [0.05, 0.1) is 11.5 Å². The van der Waals surface area contributed by atoms with Gasteiger partial charge in [-0.3, -0.25) is 4.79 Å². The zero-order chi connectivity index (χ0) is 16.6. The van der Waals surface area contributed by atoms with E-state index in [0.717, 1.165) is 18.2 Å². The Morgan fingerprint density at radius 2 is 1.91 bits per heavy atom. The minimum Gasteiger partial charge on any atom is -0.466 e. The minimum atomic E-state index is -4.76. The van der Waals surface area contributed by atoms with E-state index in [9.17, 15) is 22.0 Å². The first-order valence-corrected chi connectivity index (χ1v) is 8.30. The van der Waals surface area contributed by atoms with Gasteiger partial charge in [-0.1, -0.05) is 24.3 Å². The molecule has 0 unspecified atom stereocenters. The Kier molecular flexibility index (Phi) is 6.67. The number of allylic oxidation sites excluding steroid dienone is 1. The van der Waals surface area contributed by atoms with Crippen molar-refractivity contribution in [3.63, 3.8) is 0 Å². The Hall–Kier alpha value is -1.76. The van der Waals surface area contributed by atoms with E-state index in [4.69, 9.17) is 4.74 Å². The fraction of sp³-hybridized carbons (Fsp3) is 0.400. The van der Waals surface area contributed by atoms with Crippen molar-refractivity contribution < 1.29 is 26.7 Å². The molecular formula is C15H18F2O4S. The van der Waals surface area contributed by atoms with Gasteiger partial charge in [-0.2, -0.15) is 8.78 Å². The lowest BCUT2D eigenvalue weighted by Crippen LogP contribution is -2.26. The maximum atomic E-state index is 13.8. The number of rotatable bonds is 8. The molecule has 0 radical (unpaired) electrons. The van der Waals surface area contributed by atoms with E-state index in [0.29, 0.717) is 12.5 Å². The third kappa shape index (κ3) is 4.91. The number of hydrogen-bond acceptors (Lipinski definition) is 4. The molecule has 122 valence electrons. The molecule has 0 saturated heterocycles. The zero-order valence-electron chi connectivity index (χ0n) is 12.2.